The van der Waals surface area contributed by atoms with E-state index in [-0.39, 0.29) is 11.7 Å². The summed E-state index contributed by atoms with van der Waals surface area (Å²) in [4.78, 5) is 12.5. The first kappa shape index (κ1) is 21.7. The Bertz CT molecular complexity index is 1190. The van der Waals surface area contributed by atoms with Gasteiger partial charge < -0.3 is 14.5 Å². The molecular weight excluding hydrogens is 424 g/mol. The number of methoxy groups -OCH3 is 1. The van der Waals surface area contributed by atoms with E-state index in [9.17, 15) is 4.79 Å². The van der Waals surface area contributed by atoms with Gasteiger partial charge in [0.2, 0.25) is 5.91 Å². The number of hydrogen-bond donors (Lipinski definition) is 1. The molecule has 0 aliphatic heterocycles. The summed E-state index contributed by atoms with van der Waals surface area (Å²) in [5.41, 5.74) is 2.94. The van der Waals surface area contributed by atoms with E-state index >= 15 is 0 Å². The maximum Gasteiger partial charge on any atom is 0.230 e. The van der Waals surface area contributed by atoms with Gasteiger partial charge in [0.25, 0.3) is 0 Å². The van der Waals surface area contributed by atoms with E-state index < -0.39 is 0 Å². The number of rotatable bonds is 9. The summed E-state index contributed by atoms with van der Waals surface area (Å²) in [5, 5.41) is 12.4. The molecule has 8 heteroatoms. The zero-order chi connectivity index (χ0) is 22.3. The van der Waals surface area contributed by atoms with Crippen LogP contribution in [0.3, 0.4) is 0 Å². The van der Waals surface area contributed by atoms with Gasteiger partial charge in [0.05, 0.1) is 31.2 Å². The Hall–Kier alpha value is -3.52. The maximum absolute atomic E-state index is 12.5. The van der Waals surface area contributed by atoms with Crippen LogP contribution < -0.4 is 10.1 Å². The Kier molecular flexibility index (Phi) is 6.91. The van der Waals surface area contributed by atoms with Crippen molar-refractivity contribution in [1.29, 1.82) is 0 Å². The normalized spacial score (nSPS) is 10.8. The van der Waals surface area contributed by atoms with E-state index in [0.717, 1.165) is 34.0 Å². The van der Waals surface area contributed by atoms with Gasteiger partial charge in [-0.2, -0.15) is 0 Å². The first-order valence-electron chi connectivity index (χ1n) is 10.2. The van der Waals surface area contributed by atoms with E-state index in [1.54, 1.807) is 13.4 Å². The Balaban J connectivity index is 1.47. The van der Waals surface area contributed by atoms with E-state index in [0.29, 0.717) is 18.2 Å². The molecule has 4 aromatic rings. The van der Waals surface area contributed by atoms with Crippen LogP contribution in [0.15, 0.2) is 76.5 Å². The summed E-state index contributed by atoms with van der Waals surface area (Å²) < 4.78 is 12.8. The molecule has 2 aromatic heterocycles. The minimum Gasteiger partial charge on any atom is -0.496 e. The third-order valence-electron chi connectivity index (χ3n) is 5.00. The van der Waals surface area contributed by atoms with Crippen molar-refractivity contribution in [3.63, 3.8) is 0 Å². The average Bonchev–Trinajstić information content (AvgIpc) is 3.42. The molecule has 32 heavy (non-hydrogen) atoms. The number of benzene rings is 2. The third-order valence-corrected chi connectivity index (χ3v) is 5.97. The highest BCUT2D eigenvalue weighted by Crippen LogP contribution is 2.28. The first-order chi connectivity index (χ1) is 15.7. The van der Waals surface area contributed by atoms with Gasteiger partial charge in [-0.05, 0) is 24.6 Å². The summed E-state index contributed by atoms with van der Waals surface area (Å²) in [6, 6.07) is 19.6. The molecule has 1 amide bonds. The molecule has 0 spiro atoms. The molecule has 0 aliphatic rings. The van der Waals surface area contributed by atoms with E-state index in [1.165, 1.54) is 11.8 Å². The standard InChI is InChI=1S/C24H24N4O3S/c1-17-20(12-13-31-17)23-26-27-24(28(23)15-18-8-4-3-5-9-18)32-16-22(29)25-14-19-10-6-7-11-21(19)30-2/h3-13H,14-16H2,1-2H3,(H,25,29). The number of thioether (sulfide) groups is 1. The number of aromatic nitrogens is 3. The van der Waals surface area contributed by atoms with Crippen molar-refractivity contribution in [2.45, 2.75) is 25.2 Å². The van der Waals surface area contributed by atoms with Gasteiger partial charge in [0.15, 0.2) is 11.0 Å². The largest absolute Gasteiger partial charge is 0.496 e. The van der Waals surface area contributed by atoms with Crippen LogP contribution in [0, 0.1) is 6.92 Å². The molecule has 0 aliphatic carbocycles. The fourth-order valence-electron chi connectivity index (χ4n) is 3.34. The Labute approximate surface area is 190 Å². The minimum atomic E-state index is -0.0868. The SMILES string of the molecule is COc1ccccc1CNC(=O)CSc1nnc(-c2ccoc2C)n1Cc1ccccc1. The zero-order valence-corrected chi connectivity index (χ0v) is 18.8. The van der Waals surface area contributed by atoms with Crippen LogP contribution in [0.4, 0.5) is 0 Å². The van der Waals surface area contributed by atoms with Gasteiger partial charge in [0, 0.05) is 12.1 Å². The van der Waals surface area contributed by atoms with Crippen molar-refractivity contribution >= 4 is 17.7 Å². The number of para-hydroxylation sites is 1. The van der Waals surface area contributed by atoms with Gasteiger partial charge in [0.1, 0.15) is 11.5 Å². The summed E-state index contributed by atoms with van der Waals surface area (Å²) in [6.45, 7) is 2.90. The van der Waals surface area contributed by atoms with Gasteiger partial charge in [-0.15, -0.1) is 10.2 Å². The number of hydrogen-bond acceptors (Lipinski definition) is 6. The van der Waals surface area contributed by atoms with E-state index in [1.807, 2.05) is 60.0 Å². The Morgan fingerprint density at radius 1 is 1.09 bits per heavy atom. The fraction of sp³-hybridized carbons (Fsp3) is 0.208. The van der Waals surface area contributed by atoms with Crippen LogP contribution in [-0.4, -0.2) is 33.5 Å². The van der Waals surface area contributed by atoms with Crippen LogP contribution in [0.25, 0.3) is 11.4 Å². The number of carbonyl (C=O) groups is 1. The molecule has 0 saturated heterocycles. The zero-order valence-electron chi connectivity index (χ0n) is 17.9. The second-order valence-electron chi connectivity index (χ2n) is 7.15. The number of nitrogens with one attached hydrogen (secondary N) is 1. The Morgan fingerprint density at radius 2 is 1.88 bits per heavy atom. The highest BCUT2D eigenvalue weighted by atomic mass is 32.2. The molecule has 2 heterocycles. The third kappa shape index (κ3) is 5.03. The van der Waals surface area contributed by atoms with Crippen LogP contribution in [0.5, 0.6) is 5.75 Å². The molecular formula is C24H24N4O3S. The molecule has 164 valence electrons. The van der Waals surface area contributed by atoms with E-state index in [4.69, 9.17) is 9.15 Å². The number of nitrogens with zero attached hydrogens (tertiary/aromatic N) is 3. The van der Waals surface area contributed by atoms with Gasteiger partial charge >= 0.3 is 0 Å². The Morgan fingerprint density at radius 3 is 2.62 bits per heavy atom. The topological polar surface area (TPSA) is 82.2 Å². The monoisotopic (exact) mass is 448 g/mol. The molecule has 0 radical (unpaired) electrons. The number of aryl methyl sites for hydroxylation is 1. The van der Waals surface area contributed by atoms with Crippen LogP contribution >= 0.6 is 11.8 Å². The first-order valence-corrected chi connectivity index (χ1v) is 11.2. The number of carbonyl (C=O) groups excluding carboxylic acids is 1. The van der Waals surface area contributed by atoms with Gasteiger partial charge in [-0.1, -0.05) is 60.3 Å². The van der Waals surface area contributed by atoms with Crippen molar-refractivity contribution < 1.29 is 13.9 Å². The summed E-state index contributed by atoms with van der Waals surface area (Å²) >= 11 is 1.36. The van der Waals surface area contributed by atoms with Crippen molar-refractivity contribution in [2.75, 3.05) is 12.9 Å². The predicted octanol–water partition coefficient (Wildman–Crippen LogP) is 4.31. The number of ether oxygens (including phenoxy) is 1. The maximum atomic E-state index is 12.5. The molecule has 1 N–H and O–H groups in total. The van der Waals surface area contributed by atoms with Crippen LogP contribution in [-0.2, 0) is 17.9 Å². The second-order valence-corrected chi connectivity index (χ2v) is 8.09. The van der Waals surface area contributed by atoms with Gasteiger partial charge in [-0.25, -0.2) is 0 Å². The van der Waals surface area contributed by atoms with Crippen LogP contribution in [0.2, 0.25) is 0 Å². The molecule has 0 bridgehead atoms. The van der Waals surface area contributed by atoms with Crippen molar-refractivity contribution in [3.05, 3.63) is 83.8 Å². The van der Waals surface area contributed by atoms with Crippen molar-refractivity contribution in [3.8, 4) is 17.1 Å². The highest BCUT2D eigenvalue weighted by Gasteiger charge is 2.18. The van der Waals surface area contributed by atoms with Gasteiger partial charge in [-0.3, -0.25) is 9.36 Å². The molecule has 0 saturated carbocycles. The molecule has 7 nitrogen and oxygen atoms in total. The van der Waals surface area contributed by atoms with Crippen molar-refractivity contribution in [1.82, 2.24) is 20.1 Å². The highest BCUT2D eigenvalue weighted by molar-refractivity contribution is 7.99. The lowest BCUT2D eigenvalue weighted by Crippen LogP contribution is -2.25. The summed E-state index contributed by atoms with van der Waals surface area (Å²) in [6.07, 6.45) is 1.64. The molecule has 0 atom stereocenters. The lowest BCUT2D eigenvalue weighted by atomic mass is 10.2. The van der Waals surface area contributed by atoms with E-state index in [2.05, 4.69) is 27.6 Å². The fourth-order valence-corrected chi connectivity index (χ4v) is 4.11. The lowest BCUT2D eigenvalue weighted by molar-refractivity contribution is -0.118. The molecule has 0 fully saturated rings. The minimum absolute atomic E-state index is 0.0868. The second kappa shape index (κ2) is 10.2. The average molecular weight is 449 g/mol. The molecule has 2 aromatic carbocycles. The molecule has 4 rings (SSSR count). The number of amides is 1. The quantitative estimate of drug-likeness (QED) is 0.384. The molecule has 0 unspecified atom stereocenters. The number of furan rings is 1. The lowest BCUT2D eigenvalue weighted by Gasteiger charge is -2.11. The summed E-state index contributed by atoms with van der Waals surface area (Å²) in [7, 11) is 1.62. The van der Waals surface area contributed by atoms with Crippen LogP contribution in [0.1, 0.15) is 16.9 Å². The smallest absolute Gasteiger partial charge is 0.230 e. The predicted molar refractivity (Wildman–Crippen MR) is 124 cm³/mol. The van der Waals surface area contributed by atoms with Crippen molar-refractivity contribution in [2.24, 2.45) is 0 Å². The summed E-state index contributed by atoms with van der Waals surface area (Å²) in [5.74, 6) is 2.39.